The normalized spacial score (nSPS) is 14.3. The van der Waals surface area contributed by atoms with Crippen molar-refractivity contribution in [3.8, 4) is 0 Å². The first-order valence-corrected chi connectivity index (χ1v) is 30.6. The van der Waals surface area contributed by atoms with E-state index in [4.69, 9.17) is 23.3 Å². The number of phosphoric acid groups is 1. The zero-order valence-electron chi connectivity index (χ0n) is 47.4. The Morgan fingerprint density at radius 2 is 0.711 bits per heavy atom. The molecule has 3 unspecified atom stereocenters. The Kier molecular flexibility index (Phi) is 53.5. The summed E-state index contributed by atoms with van der Waals surface area (Å²) < 4.78 is 39.4. The van der Waals surface area contributed by atoms with Gasteiger partial charge in [0, 0.05) is 19.3 Å². The minimum atomic E-state index is -4.79. The molecule has 0 aliphatic heterocycles. The van der Waals surface area contributed by atoms with E-state index in [9.17, 15) is 28.9 Å². The van der Waals surface area contributed by atoms with Crippen LogP contribution in [0.4, 0.5) is 0 Å². The molecule has 76 heavy (non-hydrogen) atoms. The number of rotatable bonds is 52. The Bertz CT molecular complexity index is 1780. The van der Waals surface area contributed by atoms with E-state index in [1.807, 2.05) is 18.2 Å². The number of hydrogen-bond donors (Lipinski definition) is 2. The third kappa shape index (κ3) is 54.4. The molecule has 0 saturated carbocycles. The van der Waals surface area contributed by atoms with Crippen molar-refractivity contribution in [2.75, 3.05) is 26.4 Å². The molecule has 430 valence electrons. The van der Waals surface area contributed by atoms with E-state index in [1.54, 1.807) is 0 Å². The van der Waals surface area contributed by atoms with Gasteiger partial charge in [0.15, 0.2) is 6.10 Å². The molecule has 12 heteroatoms. The number of esters is 3. The molecular weight excluding hydrogens is 976 g/mol. The standard InChI is InChI=1S/C64H103O11P/c1-4-7-10-13-16-19-22-25-27-29-30-32-33-36-38-41-44-47-50-53-62(66)71-57-61(75-64(68)55-52-49-46-43-40-37-34-31-28-26-23-20-17-14-11-8-5-2)59-73-76(69,70)72-58-60(56-65)74-63(67)54-51-48-45-42-39-35-24-21-18-15-12-9-6-3/h8-9,11-12,16-21,25-28,30,32,34-35,37,39,45,48,60-61,65H,4-7,10,13-15,22-24,29,31,33,36,38,40-44,46-47,49-59H2,1-3H3,(H,69,70)/b11-8-,12-9-,19-16-,20-17-,21-18-,27-25-,28-26-,32-30-,37-34-,39-35-,48-45-. The third-order valence-electron chi connectivity index (χ3n) is 11.6. The SMILES string of the molecule is CC/C=C\C/C=C\C/C=C\C/C=C\CCCCCCC(=O)OC(COC(=O)CCCCCCCC/C=C\C/C=C\C/C=C\CCCCC)COP(=O)(O)OCC(CO)OC(=O)CC/C=C\C/C=C\C/C=C\C/C=C\CC. The predicted molar refractivity (Wildman–Crippen MR) is 316 cm³/mol. The molecule has 0 aromatic heterocycles. The number of ether oxygens (including phenoxy) is 3. The number of aliphatic hydroxyl groups excluding tert-OH is 1. The highest BCUT2D eigenvalue weighted by molar-refractivity contribution is 7.47. The molecule has 0 spiro atoms. The predicted octanol–water partition coefficient (Wildman–Crippen LogP) is 17.4. The molecule has 3 atom stereocenters. The molecule has 0 aliphatic rings. The van der Waals surface area contributed by atoms with Crippen molar-refractivity contribution in [1.29, 1.82) is 0 Å². The van der Waals surface area contributed by atoms with Gasteiger partial charge in [0.1, 0.15) is 12.7 Å². The van der Waals surface area contributed by atoms with Gasteiger partial charge in [0.2, 0.25) is 0 Å². The summed E-state index contributed by atoms with van der Waals surface area (Å²) >= 11 is 0. The maximum absolute atomic E-state index is 12.9. The van der Waals surface area contributed by atoms with Crippen molar-refractivity contribution in [2.24, 2.45) is 0 Å². The van der Waals surface area contributed by atoms with Crippen LogP contribution in [0.5, 0.6) is 0 Å². The van der Waals surface area contributed by atoms with Crippen LogP contribution in [0.25, 0.3) is 0 Å². The Morgan fingerprint density at radius 1 is 0.382 bits per heavy atom. The summed E-state index contributed by atoms with van der Waals surface area (Å²) in [6, 6.07) is 0. The minimum absolute atomic E-state index is 0.0462. The summed E-state index contributed by atoms with van der Waals surface area (Å²) in [5.41, 5.74) is 0. The molecule has 0 fully saturated rings. The quantitative estimate of drug-likeness (QED) is 0.0197. The summed E-state index contributed by atoms with van der Waals surface area (Å²) in [6.45, 7) is 4.24. The fourth-order valence-corrected chi connectivity index (χ4v) is 7.97. The number of aliphatic hydroxyl groups is 1. The summed E-state index contributed by atoms with van der Waals surface area (Å²) in [6.07, 6.45) is 71.4. The van der Waals surface area contributed by atoms with Crippen LogP contribution in [0.2, 0.25) is 0 Å². The van der Waals surface area contributed by atoms with E-state index in [-0.39, 0.29) is 25.9 Å². The van der Waals surface area contributed by atoms with Crippen LogP contribution in [0.15, 0.2) is 134 Å². The fourth-order valence-electron chi connectivity index (χ4n) is 7.19. The largest absolute Gasteiger partial charge is 0.472 e. The molecule has 0 aliphatic carbocycles. The lowest BCUT2D eigenvalue weighted by molar-refractivity contribution is -0.161. The number of hydrogen-bond acceptors (Lipinski definition) is 10. The molecule has 0 heterocycles. The molecule has 0 amide bonds. The van der Waals surface area contributed by atoms with Crippen LogP contribution in [-0.2, 0) is 42.2 Å². The minimum Gasteiger partial charge on any atom is -0.462 e. The zero-order valence-corrected chi connectivity index (χ0v) is 48.3. The maximum Gasteiger partial charge on any atom is 0.472 e. The second kappa shape index (κ2) is 56.8. The topological polar surface area (TPSA) is 155 Å². The van der Waals surface area contributed by atoms with Gasteiger partial charge in [-0.05, 0) is 122 Å². The molecular formula is C64H103O11P. The van der Waals surface area contributed by atoms with Crippen LogP contribution in [0.1, 0.15) is 213 Å². The molecule has 11 nitrogen and oxygen atoms in total. The number of allylic oxidation sites excluding steroid dienone is 22. The molecule has 0 saturated heterocycles. The van der Waals surface area contributed by atoms with Gasteiger partial charge in [-0.3, -0.25) is 23.4 Å². The van der Waals surface area contributed by atoms with E-state index < -0.39 is 57.8 Å². The molecule has 2 N–H and O–H groups in total. The highest BCUT2D eigenvalue weighted by Crippen LogP contribution is 2.43. The Hall–Kier alpha value is -4.38. The monoisotopic (exact) mass is 1080 g/mol. The van der Waals surface area contributed by atoms with E-state index in [0.717, 1.165) is 128 Å². The van der Waals surface area contributed by atoms with Gasteiger partial charge in [-0.15, -0.1) is 0 Å². The fraction of sp³-hybridized carbons (Fsp3) is 0.609. The van der Waals surface area contributed by atoms with Crippen LogP contribution in [-0.4, -0.2) is 66.5 Å². The lowest BCUT2D eigenvalue weighted by Crippen LogP contribution is -2.30. The van der Waals surface area contributed by atoms with Crippen molar-refractivity contribution < 1.29 is 52.2 Å². The van der Waals surface area contributed by atoms with Crippen LogP contribution >= 0.6 is 7.82 Å². The first-order valence-electron chi connectivity index (χ1n) is 29.1. The third-order valence-corrected chi connectivity index (χ3v) is 12.5. The first kappa shape index (κ1) is 71.6. The lowest BCUT2D eigenvalue weighted by Gasteiger charge is -2.21. The van der Waals surface area contributed by atoms with Gasteiger partial charge in [0.25, 0.3) is 0 Å². The van der Waals surface area contributed by atoms with E-state index in [2.05, 4.69) is 136 Å². The van der Waals surface area contributed by atoms with E-state index >= 15 is 0 Å². The van der Waals surface area contributed by atoms with Crippen LogP contribution in [0.3, 0.4) is 0 Å². The van der Waals surface area contributed by atoms with Crippen LogP contribution in [0, 0.1) is 0 Å². The van der Waals surface area contributed by atoms with Crippen molar-refractivity contribution in [1.82, 2.24) is 0 Å². The Morgan fingerprint density at radius 3 is 1.13 bits per heavy atom. The second-order valence-corrected chi connectivity index (χ2v) is 20.1. The van der Waals surface area contributed by atoms with Gasteiger partial charge in [-0.25, -0.2) is 4.57 Å². The number of carbonyl (C=O) groups excluding carboxylic acids is 3. The van der Waals surface area contributed by atoms with Crippen LogP contribution < -0.4 is 0 Å². The molecule has 0 aromatic rings. The smallest absolute Gasteiger partial charge is 0.462 e. The second-order valence-electron chi connectivity index (χ2n) is 18.7. The number of carbonyl (C=O) groups is 3. The van der Waals surface area contributed by atoms with E-state index in [1.165, 1.54) is 25.7 Å². The summed E-state index contributed by atoms with van der Waals surface area (Å²) in [7, 11) is -4.79. The lowest BCUT2D eigenvalue weighted by atomic mass is 10.1. The highest BCUT2D eigenvalue weighted by Gasteiger charge is 2.28. The van der Waals surface area contributed by atoms with Gasteiger partial charge < -0.3 is 24.2 Å². The molecule has 0 radical (unpaired) electrons. The zero-order chi connectivity index (χ0) is 55.5. The summed E-state index contributed by atoms with van der Waals surface area (Å²) in [5.74, 6) is -1.61. The maximum atomic E-state index is 12.9. The highest BCUT2D eigenvalue weighted by atomic mass is 31.2. The van der Waals surface area contributed by atoms with Crippen molar-refractivity contribution in [3.63, 3.8) is 0 Å². The van der Waals surface area contributed by atoms with E-state index in [0.29, 0.717) is 19.3 Å². The summed E-state index contributed by atoms with van der Waals surface area (Å²) in [5, 5.41) is 9.79. The first-order chi connectivity index (χ1) is 37.2. The van der Waals surface area contributed by atoms with Gasteiger partial charge >= 0.3 is 25.7 Å². The van der Waals surface area contributed by atoms with Crippen molar-refractivity contribution in [3.05, 3.63) is 134 Å². The molecule has 0 aromatic carbocycles. The average Bonchev–Trinajstić information content (AvgIpc) is 3.41. The molecule has 0 rings (SSSR count). The Labute approximate surface area is 461 Å². The number of unbranched alkanes of at least 4 members (excludes halogenated alkanes) is 13. The summed E-state index contributed by atoms with van der Waals surface area (Å²) in [4.78, 5) is 48.5. The van der Waals surface area contributed by atoms with Gasteiger partial charge in [-0.1, -0.05) is 206 Å². The van der Waals surface area contributed by atoms with Gasteiger partial charge in [0.05, 0.1) is 19.8 Å². The van der Waals surface area contributed by atoms with Crippen molar-refractivity contribution in [2.45, 2.75) is 226 Å². The average molecular weight is 1080 g/mol. The van der Waals surface area contributed by atoms with Gasteiger partial charge in [-0.2, -0.15) is 0 Å². The Balaban J connectivity index is 4.87. The number of phosphoric ester groups is 1. The van der Waals surface area contributed by atoms with Crippen molar-refractivity contribution >= 4 is 25.7 Å². The molecule has 0 bridgehead atoms.